The second-order valence-corrected chi connectivity index (χ2v) is 12.3. The maximum absolute atomic E-state index is 6.34. The molecule has 1 aromatic rings. The number of ether oxygens (including phenoxy) is 1. The third kappa shape index (κ3) is 3.09. The van der Waals surface area contributed by atoms with Crippen LogP contribution in [0, 0.1) is 0 Å². The average molecular weight is 290 g/mol. The fourth-order valence-electron chi connectivity index (χ4n) is 1.86. The first-order valence-electron chi connectivity index (χ1n) is 7.22. The van der Waals surface area contributed by atoms with Crippen LogP contribution in [0.2, 0.25) is 18.1 Å². The van der Waals surface area contributed by atoms with E-state index in [4.69, 9.17) is 9.16 Å². The molecule has 1 aliphatic rings. The third-order valence-corrected chi connectivity index (χ3v) is 8.56. The van der Waals surface area contributed by atoms with E-state index in [0.29, 0.717) is 0 Å². The van der Waals surface area contributed by atoms with Crippen molar-refractivity contribution in [2.45, 2.75) is 58.4 Å². The van der Waals surface area contributed by atoms with Gasteiger partial charge in [0.25, 0.3) is 0 Å². The number of hydrogen-bond acceptors (Lipinski definition) is 2. The molecule has 2 nitrogen and oxygen atoms in total. The summed E-state index contributed by atoms with van der Waals surface area (Å²) in [4.78, 5) is 0. The SMILES string of the molecule is CC1(C)C=Cc2ccc(O[Si](C)(C)C(C)(C)C)cc2O1. The van der Waals surface area contributed by atoms with E-state index < -0.39 is 8.32 Å². The van der Waals surface area contributed by atoms with Gasteiger partial charge in [-0.15, -0.1) is 0 Å². The van der Waals surface area contributed by atoms with E-state index in [2.05, 4.69) is 65.9 Å². The van der Waals surface area contributed by atoms with Gasteiger partial charge in [-0.2, -0.15) is 0 Å². The molecule has 0 bridgehead atoms. The van der Waals surface area contributed by atoms with Crippen molar-refractivity contribution in [1.82, 2.24) is 0 Å². The normalized spacial score (nSPS) is 17.4. The Morgan fingerprint density at radius 3 is 2.40 bits per heavy atom. The molecule has 0 saturated carbocycles. The van der Waals surface area contributed by atoms with Crippen LogP contribution >= 0.6 is 0 Å². The standard InChI is InChI=1S/C17H26O2Si/c1-16(2,3)20(6,7)19-14-9-8-13-10-11-17(4,5)18-15(13)12-14/h8-12H,1-7H3. The van der Waals surface area contributed by atoms with Gasteiger partial charge in [-0.3, -0.25) is 0 Å². The summed E-state index contributed by atoms with van der Waals surface area (Å²) in [6.45, 7) is 15.4. The Morgan fingerprint density at radius 2 is 1.80 bits per heavy atom. The van der Waals surface area contributed by atoms with E-state index in [-0.39, 0.29) is 10.6 Å². The van der Waals surface area contributed by atoms with E-state index in [1.807, 2.05) is 12.1 Å². The zero-order valence-electron chi connectivity index (χ0n) is 13.7. The monoisotopic (exact) mass is 290 g/mol. The van der Waals surface area contributed by atoms with Crippen molar-refractivity contribution in [3.63, 3.8) is 0 Å². The summed E-state index contributed by atoms with van der Waals surface area (Å²) in [6.07, 6.45) is 4.21. The molecular formula is C17H26O2Si. The Hall–Kier alpha value is -1.22. The highest BCUT2D eigenvalue weighted by molar-refractivity contribution is 6.74. The van der Waals surface area contributed by atoms with Crippen LogP contribution in [-0.4, -0.2) is 13.9 Å². The fraction of sp³-hybridized carbons (Fsp3) is 0.529. The van der Waals surface area contributed by atoms with Crippen molar-refractivity contribution >= 4 is 14.4 Å². The van der Waals surface area contributed by atoms with Gasteiger partial charge >= 0.3 is 0 Å². The van der Waals surface area contributed by atoms with Gasteiger partial charge in [-0.25, -0.2) is 0 Å². The highest BCUT2D eigenvalue weighted by Gasteiger charge is 2.39. The maximum Gasteiger partial charge on any atom is 0.250 e. The molecule has 3 heteroatoms. The Bertz CT molecular complexity index is 536. The van der Waals surface area contributed by atoms with Crippen LogP contribution in [0.25, 0.3) is 6.08 Å². The van der Waals surface area contributed by atoms with Crippen molar-refractivity contribution in [2.75, 3.05) is 0 Å². The third-order valence-electron chi connectivity index (χ3n) is 4.20. The van der Waals surface area contributed by atoms with Crippen molar-refractivity contribution in [2.24, 2.45) is 0 Å². The summed E-state index contributed by atoms with van der Waals surface area (Å²) >= 11 is 0. The molecule has 0 spiro atoms. The van der Waals surface area contributed by atoms with E-state index in [9.17, 15) is 0 Å². The van der Waals surface area contributed by atoms with Gasteiger partial charge in [0.2, 0.25) is 8.32 Å². The van der Waals surface area contributed by atoms with Crippen LogP contribution < -0.4 is 9.16 Å². The quantitative estimate of drug-likeness (QED) is 0.692. The van der Waals surface area contributed by atoms with Crippen LogP contribution in [0.3, 0.4) is 0 Å². The van der Waals surface area contributed by atoms with E-state index in [1.165, 1.54) is 0 Å². The predicted molar refractivity (Wildman–Crippen MR) is 88.0 cm³/mol. The number of benzene rings is 1. The van der Waals surface area contributed by atoms with Gasteiger partial charge in [0.05, 0.1) is 0 Å². The molecule has 1 heterocycles. The molecule has 0 atom stereocenters. The van der Waals surface area contributed by atoms with Gasteiger partial charge in [0.15, 0.2) is 0 Å². The summed E-state index contributed by atoms with van der Waals surface area (Å²) in [5.74, 6) is 1.83. The first-order valence-corrected chi connectivity index (χ1v) is 10.1. The molecular weight excluding hydrogens is 264 g/mol. The Morgan fingerprint density at radius 1 is 1.15 bits per heavy atom. The van der Waals surface area contributed by atoms with Gasteiger partial charge in [-0.05, 0) is 50.2 Å². The van der Waals surface area contributed by atoms with Crippen molar-refractivity contribution < 1.29 is 9.16 Å². The number of hydrogen-bond donors (Lipinski definition) is 0. The largest absolute Gasteiger partial charge is 0.543 e. The second kappa shape index (κ2) is 4.66. The minimum Gasteiger partial charge on any atom is -0.543 e. The van der Waals surface area contributed by atoms with Gasteiger partial charge in [0, 0.05) is 11.6 Å². The van der Waals surface area contributed by atoms with Gasteiger partial charge in [0.1, 0.15) is 17.1 Å². The lowest BCUT2D eigenvalue weighted by molar-refractivity contribution is 0.158. The topological polar surface area (TPSA) is 18.5 Å². The molecule has 0 fully saturated rings. The molecule has 0 N–H and O–H groups in total. The van der Waals surface area contributed by atoms with E-state index in [0.717, 1.165) is 17.1 Å². The summed E-state index contributed by atoms with van der Waals surface area (Å²) < 4.78 is 12.3. The zero-order chi connectivity index (χ0) is 15.2. The summed E-state index contributed by atoms with van der Waals surface area (Å²) in [6, 6.07) is 6.15. The first kappa shape index (κ1) is 15.2. The molecule has 0 saturated heterocycles. The van der Waals surface area contributed by atoms with Crippen LogP contribution in [0.15, 0.2) is 24.3 Å². The van der Waals surface area contributed by atoms with Crippen LogP contribution in [0.4, 0.5) is 0 Å². The number of rotatable bonds is 2. The summed E-state index contributed by atoms with van der Waals surface area (Å²) in [5.41, 5.74) is 0.870. The predicted octanol–water partition coefficient (Wildman–Crippen LogP) is 5.25. The maximum atomic E-state index is 6.34. The lowest BCUT2D eigenvalue weighted by atomic mass is 10.0. The van der Waals surface area contributed by atoms with E-state index in [1.54, 1.807) is 0 Å². The fourth-order valence-corrected chi connectivity index (χ4v) is 2.88. The Labute approximate surface area is 123 Å². The molecule has 0 radical (unpaired) electrons. The minimum absolute atomic E-state index is 0.197. The summed E-state index contributed by atoms with van der Waals surface area (Å²) in [5, 5.41) is 0.197. The zero-order valence-corrected chi connectivity index (χ0v) is 14.7. The minimum atomic E-state index is -1.80. The molecule has 1 aliphatic heterocycles. The molecule has 1 aromatic carbocycles. The average Bonchev–Trinajstić information content (AvgIpc) is 2.25. The smallest absolute Gasteiger partial charge is 0.250 e. The van der Waals surface area contributed by atoms with Crippen LogP contribution in [0.5, 0.6) is 11.5 Å². The first-order chi connectivity index (χ1) is 9.00. The molecule has 20 heavy (non-hydrogen) atoms. The lowest BCUT2D eigenvalue weighted by Gasteiger charge is -2.37. The highest BCUT2D eigenvalue weighted by Crippen LogP contribution is 2.39. The second-order valence-electron chi connectivity index (χ2n) is 7.60. The summed E-state index contributed by atoms with van der Waals surface area (Å²) in [7, 11) is -1.80. The van der Waals surface area contributed by atoms with E-state index >= 15 is 0 Å². The molecule has 2 rings (SSSR count). The Balaban J connectivity index is 2.27. The van der Waals surface area contributed by atoms with Gasteiger partial charge < -0.3 is 9.16 Å². The molecule has 0 amide bonds. The highest BCUT2D eigenvalue weighted by atomic mass is 28.4. The Kier molecular flexibility index (Phi) is 3.53. The molecule has 0 unspecified atom stereocenters. The molecule has 110 valence electrons. The molecule has 0 aromatic heterocycles. The molecule has 0 aliphatic carbocycles. The number of fused-ring (bicyclic) bond motifs is 1. The van der Waals surface area contributed by atoms with Gasteiger partial charge in [-0.1, -0.05) is 26.8 Å². The van der Waals surface area contributed by atoms with Crippen LogP contribution in [-0.2, 0) is 0 Å². The van der Waals surface area contributed by atoms with Crippen LogP contribution in [0.1, 0.15) is 40.2 Å². The van der Waals surface area contributed by atoms with Crippen molar-refractivity contribution in [3.8, 4) is 11.5 Å². The van der Waals surface area contributed by atoms with Crippen molar-refractivity contribution in [1.29, 1.82) is 0 Å². The van der Waals surface area contributed by atoms with Crippen molar-refractivity contribution in [3.05, 3.63) is 29.8 Å². The lowest BCUT2D eigenvalue weighted by Crippen LogP contribution is -2.43.